The van der Waals surface area contributed by atoms with Crippen molar-refractivity contribution in [2.24, 2.45) is 0 Å². The van der Waals surface area contributed by atoms with Crippen molar-refractivity contribution >= 4 is 40.9 Å². The lowest BCUT2D eigenvalue weighted by Crippen LogP contribution is -2.24. The summed E-state index contributed by atoms with van der Waals surface area (Å²) in [5.41, 5.74) is 4.07. The highest BCUT2D eigenvalue weighted by Crippen LogP contribution is 2.35. The fraction of sp³-hybridized carbons (Fsp3) is 0.240. The smallest absolute Gasteiger partial charge is 0.230 e. The van der Waals surface area contributed by atoms with Crippen LogP contribution in [0.25, 0.3) is 17.1 Å². The Hall–Kier alpha value is -2.74. The molecule has 4 rings (SSSR count). The molecule has 0 bridgehead atoms. The lowest BCUT2D eigenvalue weighted by molar-refractivity contribution is -0.118. The van der Waals surface area contributed by atoms with Crippen molar-refractivity contribution in [2.45, 2.75) is 38.4 Å². The van der Waals surface area contributed by atoms with Gasteiger partial charge in [-0.2, -0.15) is 0 Å². The number of carbonyl (C=O) groups excluding carboxylic acids is 1. The summed E-state index contributed by atoms with van der Waals surface area (Å²) in [5.74, 6) is 1.37. The van der Waals surface area contributed by atoms with Gasteiger partial charge in [0, 0.05) is 10.6 Å². The van der Waals surface area contributed by atoms with E-state index in [9.17, 15) is 4.79 Å². The van der Waals surface area contributed by atoms with E-state index in [1.807, 2.05) is 16.7 Å². The number of aryl methyl sites for hydroxylation is 2. The summed E-state index contributed by atoms with van der Waals surface area (Å²) in [6.45, 7) is 4.57. The summed E-state index contributed by atoms with van der Waals surface area (Å²) in [7, 11) is 0. The first-order valence-electron chi connectivity index (χ1n) is 11.0. The largest absolute Gasteiger partial charge is 0.467 e. The molecule has 0 aliphatic heterocycles. The maximum Gasteiger partial charge on any atom is 0.230 e. The van der Waals surface area contributed by atoms with Crippen LogP contribution in [0.15, 0.2) is 64.4 Å². The molecule has 1 N–H and O–H groups in total. The van der Waals surface area contributed by atoms with E-state index < -0.39 is 0 Å². The van der Waals surface area contributed by atoms with Crippen LogP contribution >= 0.6 is 35.0 Å². The average molecular weight is 515 g/mol. The van der Waals surface area contributed by atoms with Crippen LogP contribution in [0.4, 0.5) is 0 Å². The van der Waals surface area contributed by atoms with Gasteiger partial charge in [0.2, 0.25) is 5.91 Å². The van der Waals surface area contributed by atoms with Gasteiger partial charge in [-0.1, -0.05) is 67.0 Å². The number of amides is 1. The first-order chi connectivity index (χ1) is 16.5. The second kappa shape index (κ2) is 11.1. The number of nitrogens with zero attached hydrogens (tertiary/aromatic N) is 3. The predicted molar refractivity (Wildman–Crippen MR) is 137 cm³/mol. The van der Waals surface area contributed by atoms with Crippen LogP contribution in [0.2, 0.25) is 10.0 Å². The van der Waals surface area contributed by atoms with Crippen molar-refractivity contribution in [1.82, 2.24) is 20.1 Å². The number of thioether (sulfide) groups is 1. The third-order valence-corrected chi connectivity index (χ3v) is 6.84. The molecule has 0 radical (unpaired) electrons. The minimum Gasteiger partial charge on any atom is -0.467 e. The third kappa shape index (κ3) is 5.32. The number of halogens is 2. The molecule has 0 aliphatic carbocycles. The third-order valence-electron chi connectivity index (χ3n) is 5.37. The molecule has 0 aliphatic rings. The molecule has 1 amide bonds. The SMILES string of the molecule is CCc1cccc(CC)c1-n1c(SCC(=O)NCc2ccco2)nnc1-c1ccc(Cl)cc1Cl. The molecule has 2 aromatic carbocycles. The summed E-state index contributed by atoms with van der Waals surface area (Å²) in [6, 6.07) is 15.2. The van der Waals surface area contributed by atoms with Gasteiger partial charge >= 0.3 is 0 Å². The van der Waals surface area contributed by atoms with Gasteiger partial charge in [-0.15, -0.1) is 10.2 Å². The highest BCUT2D eigenvalue weighted by molar-refractivity contribution is 7.99. The van der Waals surface area contributed by atoms with Gasteiger partial charge in [0.05, 0.1) is 29.3 Å². The van der Waals surface area contributed by atoms with E-state index in [-0.39, 0.29) is 11.7 Å². The van der Waals surface area contributed by atoms with Gasteiger partial charge in [-0.3, -0.25) is 9.36 Å². The molecular formula is C25H24Cl2N4O2S. The Kier molecular flexibility index (Phi) is 7.98. The first kappa shape index (κ1) is 24.4. The fourth-order valence-corrected chi connectivity index (χ4v) is 4.95. The molecular weight excluding hydrogens is 491 g/mol. The van der Waals surface area contributed by atoms with E-state index in [2.05, 4.69) is 47.6 Å². The Morgan fingerprint density at radius 2 is 1.82 bits per heavy atom. The van der Waals surface area contributed by atoms with E-state index in [4.69, 9.17) is 27.6 Å². The Morgan fingerprint density at radius 1 is 1.06 bits per heavy atom. The van der Waals surface area contributed by atoms with Gasteiger partial charge in [0.15, 0.2) is 11.0 Å². The highest BCUT2D eigenvalue weighted by atomic mass is 35.5. The monoisotopic (exact) mass is 514 g/mol. The van der Waals surface area contributed by atoms with Crippen molar-refractivity contribution in [3.05, 3.63) is 81.7 Å². The van der Waals surface area contributed by atoms with Crippen LogP contribution in [0.5, 0.6) is 0 Å². The quantitative estimate of drug-likeness (QED) is 0.263. The molecule has 2 aromatic heterocycles. The number of benzene rings is 2. The van der Waals surface area contributed by atoms with Crippen molar-refractivity contribution in [3.63, 3.8) is 0 Å². The Labute approximate surface area is 212 Å². The van der Waals surface area contributed by atoms with Crippen LogP contribution in [0.1, 0.15) is 30.7 Å². The summed E-state index contributed by atoms with van der Waals surface area (Å²) in [5, 5.41) is 13.5. The Balaban J connectivity index is 1.72. The number of hydrogen-bond donors (Lipinski definition) is 1. The number of nitrogens with one attached hydrogen (secondary N) is 1. The van der Waals surface area contributed by atoms with Gasteiger partial charge < -0.3 is 9.73 Å². The molecule has 0 saturated heterocycles. The number of hydrogen-bond acceptors (Lipinski definition) is 5. The van der Waals surface area contributed by atoms with Gasteiger partial charge in [0.1, 0.15) is 5.76 Å². The van der Waals surface area contributed by atoms with Crippen molar-refractivity contribution in [2.75, 3.05) is 5.75 Å². The van der Waals surface area contributed by atoms with Crippen molar-refractivity contribution < 1.29 is 9.21 Å². The second-order valence-electron chi connectivity index (χ2n) is 7.54. The number of para-hydroxylation sites is 1. The fourth-order valence-electron chi connectivity index (χ4n) is 3.69. The number of rotatable bonds is 9. The molecule has 6 nitrogen and oxygen atoms in total. The van der Waals surface area contributed by atoms with Gasteiger partial charge in [-0.25, -0.2) is 0 Å². The molecule has 0 saturated carbocycles. The Bertz CT molecular complexity index is 1270. The molecule has 0 spiro atoms. The summed E-state index contributed by atoms with van der Waals surface area (Å²) in [6.07, 6.45) is 3.25. The van der Waals surface area contributed by atoms with Crippen LogP contribution in [-0.2, 0) is 24.2 Å². The predicted octanol–water partition coefficient (Wildman–Crippen LogP) is 6.37. The van der Waals surface area contributed by atoms with E-state index in [0.29, 0.717) is 33.3 Å². The van der Waals surface area contributed by atoms with Crippen LogP contribution in [0, 0.1) is 0 Å². The van der Waals surface area contributed by atoms with Crippen LogP contribution < -0.4 is 5.32 Å². The second-order valence-corrected chi connectivity index (χ2v) is 9.33. The molecule has 2 heterocycles. The van der Waals surface area contributed by atoms with E-state index >= 15 is 0 Å². The van der Waals surface area contributed by atoms with E-state index in [0.717, 1.165) is 35.2 Å². The molecule has 34 heavy (non-hydrogen) atoms. The van der Waals surface area contributed by atoms with E-state index in [1.165, 1.54) is 11.8 Å². The molecule has 4 aromatic rings. The number of carbonyl (C=O) groups is 1. The Morgan fingerprint density at radius 3 is 2.47 bits per heavy atom. The topological polar surface area (TPSA) is 73.0 Å². The first-order valence-corrected chi connectivity index (χ1v) is 12.7. The average Bonchev–Trinajstić information content (AvgIpc) is 3.51. The van der Waals surface area contributed by atoms with E-state index in [1.54, 1.807) is 24.5 Å². The minimum atomic E-state index is -0.124. The molecule has 0 atom stereocenters. The maximum absolute atomic E-state index is 12.5. The summed E-state index contributed by atoms with van der Waals surface area (Å²) in [4.78, 5) is 12.5. The zero-order valence-corrected chi connectivity index (χ0v) is 21.2. The molecule has 9 heteroatoms. The van der Waals surface area contributed by atoms with Crippen molar-refractivity contribution in [3.8, 4) is 17.1 Å². The standard InChI is InChI=1S/C25H24Cl2N4O2S/c1-3-16-7-5-8-17(4-2)23(16)31-24(20-11-10-18(26)13-21(20)27)29-30-25(31)34-15-22(32)28-14-19-9-6-12-33-19/h5-13H,3-4,14-15H2,1-2H3,(H,28,32). The maximum atomic E-state index is 12.5. The van der Waals surface area contributed by atoms with Crippen LogP contribution in [-0.4, -0.2) is 26.4 Å². The van der Waals surface area contributed by atoms with Gasteiger partial charge in [0.25, 0.3) is 0 Å². The molecule has 0 fully saturated rings. The zero-order valence-electron chi connectivity index (χ0n) is 18.8. The normalized spacial score (nSPS) is 11.1. The molecule has 176 valence electrons. The lowest BCUT2D eigenvalue weighted by Gasteiger charge is -2.18. The number of aromatic nitrogens is 3. The van der Waals surface area contributed by atoms with Crippen LogP contribution in [0.3, 0.4) is 0 Å². The minimum absolute atomic E-state index is 0.124. The van der Waals surface area contributed by atoms with Gasteiger partial charge in [-0.05, 0) is 54.3 Å². The molecule has 0 unspecified atom stereocenters. The highest BCUT2D eigenvalue weighted by Gasteiger charge is 2.22. The zero-order chi connectivity index (χ0) is 24.1. The number of furan rings is 1. The summed E-state index contributed by atoms with van der Waals surface area (Å²) < 4.78 is 7.29. The lowest BCUT2D eigenvalue weighted by atomic mass is 10.0. The van der Waals surface area contributed by atoms with Crippen molar-refractivity contribution in [1.29, 1.82) is 0 Å². The summed E-state index contributed by atoms with van der Waals surface area (Å²) >= 11 is 14.0.